The highest BCUT2D eigenvalue weighted by atomic mass is 16.5. The van der Waals surface area contributed by atoms with Crippen molar-refractivity contribution in [1.82, 2.24) is 4.57 Å². The molecule has 1 aromatic heterocycles. The molecule has 0 unspecified atom stereocenters. The van der Waals surface area contributed by atoms with Gasteiger partial charge in [0.1, 0.15) is 5.75 Å². The number of hydrogen-bond donors (Lipinski definition) is 2. The number of nitrogens with zero attached hydrogens (tertiary/aromatic N) is 1. The maximum Gasteiger partial charge on any atom is 0.337 e. The lowest BCUT2D eigenvalue weighted by molar-refractivity contribution is 0.0600. The van der Waals surface area contributed by atoms with Crippen molar-refractivity contribution in [3.05, 3.63) is 41.0 Å². The van der Waals surface area contributed by atoms with Crippen LogP contribution in [0.5, 0.6) is 17.5 Å². The molecule has 0 bridgehead atoms. The molecule has 1 aromatic carbocycles. The number of aromatic nitrogens is 1. The van der Waals surface area contributed by atoms with Gasteiger partial charge < -0.3 is 19.7 Å². The van der Waals surface area contributed by atoms with Gasteiger partial charge in [-0.2, -0.15) is 0 Å². The standard InChI is InChI=1S/C17H21NO5/c1-11-12(2)16(20)18(15(11)19)9-4-10-23-14-7-5-13(6-8-14)17(21)22-3/h5-8,19-20H,4,9-10H2,1-3H3. The number of hydrogen-bond acceptors (Lipinski definition) is 5. The van der Waals surface area contributed by atoms with Gasteiger partial charge in [0, 0.05) is 17.7 Å². The minimum Gasteiger partial charge on any atom is -0.494 e. The van der Waals surface area contributed by atoms with E-state index in [0.717, 1.165) is 0 Å². The molecular formula is C17H21NO5. The highest BCUT2D eigenvalue weighted by Gasteiger charge is 2.15. The number of methoxy groups -OCH3 is 1. The maximum atomic E-state index is 11.3. The smallest absolute Gasteiger partial charge is 0.337 e. The van der Waals surface area contributed by atoms with E-state index in [2.05, 4.69) is 4.74 Å². The zero-order chi connectivity index (χ0) is 17.0. The van der Waals surface area contributed by atoms with Gasteiger partial charge in [-0.15, -0.1) is 0 Å². The number of rotatable bonds is 6. The summed E-state index contributed by atoms with van der Waals surface area (Å²) < 4.78 is 11.7. The van der Waals surface area contributed by atoms with Crippen molar-refractivity contribution in [1.29, 1.82) is 0 Å². The van der Waals surface area contributed by atoms with E-state index >= 15 is 0 Å². The largest absolute Gasteiger partial charge is 0.494 e. The van der Waals surface area contributed by atoms with E-state index in [4.69, 9.17) is 4.74 Å². The Morgan fingerprint density at radius 1 is 1.09 bits per heavy atom. The fourth-order valence-corrected chi connectivity index (χ4v) is 2.27. The lowest BCUT2D eigenvalue weighted by Crippen LogP contribution is -2.05. The summed E-state index contributed by atoms with van der Waals surface area (Å²) in [4.78, 5) is 11.3. The molecule has 124 valence electrons. The molecule has 0 fully saturated rings. The fourth-order valence-electron chi connectivity index (χ4n) is 2.27. The van der Waals surface area contributed by atoms with Gasteiger partial charge >= 0.3 is 5.97 Å². The molecule has 2 N–H and O–H groups in total. The summed E-state index contributed by atoms with van der Waals surface area (Å²) in [6.45, 7) is 4.40. The van der Waals surface area contributed by atoms with E-state index in [1.54, 1.807) is 38.1 Å². The second-order valence-corrected chi connectivity index (χ2v) is 5.27. The molecule has 2 rings (SSSR count). The average molecular weight is 319 g/mol. The first kappa shape index (κ1) is 16.7. The third-order valence-electron chi connectivity index (χ3n) is 3.81. The molecule has 6 heteroatoms. The molecular weight excluding hydrogens is 298 g/mol. The van der Waals surface area contributed by atoms with Crippen LogP contribution in [0.2, 0.25) is 0 Å². The summed E-state index contributed by atoms with van der Waals surface area (Å²) in [5.41, 5.74) is 1.83. The van der Waals surface area contributed by atoms with Gasteiger partial charge in [-0.1, -0.05) is 0 Å². The third-order valence-corrected chi connectivity index (χ3v) is 3.81. The second kappa shape index (κ2) is 7.09. The van der Waals surface area contributed by atoms with E-state index < -0.39 is 0 Å². The van der Waals surface area contributed by atoms with E-state index in [9.17, 15) is 15.0 Å². The Morgan fingerprint density at radius 2 is 1.65 bits per heavy atom. The van der Waals surface area contributed by atoms with Crippen LogP contribution in [0.1, 0.15) is 27.9 Å². The van der Waals surface area contributed by atoms with Crippen molar-refractivity contribution >= 4 is 5.97 Å². The molecule has 6 nitrogen and oxygen atoms in total. The van der Waals surface area contributed by atoms with E-state index in [0.29, 0.717) is 42.0 Å². The highest BCUT2D eigenvalue weighted by Crippen LogP contribution is 2.32. The van der Waals surface area contributed by atoms with Crippen molar-refractivity contribution in [2.75, 3.05) is 13.7 Å². The van der Waals surface area contributed by atoms with Crippen LogP contribution in [0, 0.1) is 13.8 Å². The second-order valence-electron chi connectivity index (χ2n) is 5.27. The van der Waals surface area contributed by atoms with Crippen LogP contribution in [0.4, 0.5) is 0 Å². The van der Waals surface area contributed by atoms with Crippen molar-refractivity contribution < 1.29 is 24.5 Å². The Balaban J connectivity index is 1.86. The van der Waals surface area contributed by atoms with Crippen LogP contribution < -0.4 is 4.74 Å². The lowest BCUT2D eigenvalue weighted by atomic mass is 10.2. The third kappa shape index (κ3) is 3.59. The summed E-state index contributed by atoms with van der Waals surface area (Å²) >= 11 is 0. The first-order chi connectivity index (χ1) is 11.0. The molecule has 0 aliphatic heterocycles. The summed E-state index contributed by atoms with van der Waals surface area (Å²) in [6.07, 6.45) is 0.618. The molecule has 0 saturated carbocycles. The van der Waals surface area contributed by atoms with Gasteiger partial charge in [0.2, 0.25) is 0 Å². The van der Waals surface area contributed by atoms with Crippen molar-refractivity contribution in [3.8, 4) is 17.5 Å². The van der Waals surface area contributed by atoms with Gasteiger partial charge in [0.15, 0.2) is 11.8 Å². The first-order valence-corrected chi connectivity index (χ1v) is 7.34. The summed E-state index contributed by atoms with van der Waals surface area (Å²) in [7, 11) is 1.34. The van der Waals surface area contributed by atoms with Crippen molar-refractivity contribution in [2.24, 2.45) is 0 Å². The van der Waals surface area contributed by atoms with Gasteiger partial charge in [-0.3, -0.25) is 4.57 Å². The predicted molar refractivity (Wildman–Crippen MR) is 85.1 cm³/mol. The lowest BCUT2D eigenvalue weighted by Gasteiger charge is -2.09. The Labute approximate surface area is 134 Å². The molecule has 0 amide bonds. The number of carbonyl (C=O) groups excluding carboxylic acids is 1. The minimum absolute atomic E-state index is 0.0856. The van der Waals surface area contributed by atoms with Crippen LogP contribution >= 0.6 is 0 Å². The highest BCUT2D eigenvalue weighted by molar-refractivity contribution is 5.89. The van der Waals surface area contributed by atoms with Gasteiger partial charge in [0.25, 0.3) is 0 Å². The monoisotopic (exact) mass is 319 g/mol. The Kier molecular flexibility index (Phi) is 5.16. The minimum atomic E-state index is -0.388. The molecule has 0 spiro atoms. The zero-order valence-corrected chi connectivity index (χ0v) is 13.5. The Morgan fingerprint density at radius 3 is 2.17 bits per heavy atom. The van der Waals surface area contributed by atoms with E-state index in [-0.39, 0.29) is 17.7 Å². The number of esters is 1. The summed E-state index contributed by atoms with van der Waals surface area (Å²) in [5, 5.41) is 19.9. The van der Waals surface area contributed by atoms with Crippen LogP contribution in [0.3, 0.4) is 0 Å². The zero-order valence-electron chi connectivity index (χ0n) is 13.5. The van der Waals surface area contributed by atoms with Crippen LogP contribution in [-0.2, 0) is 11.3 Å². The predicted octanol–water partition coefficient (Wildman–Crippen LogP) is 2.77. The quantitative estimate of drug-likeness (QED) is 0.632. The van der Waals surface area contributed by atoms with Crippen LogP contribution in [-0.4, -0.2) is 34.5 Å². The Hall–Kier alpha value is -2.63. The molecule has 23 heavy (non-hydrogen) atoms. The molecule has 0 aliphatic carbocycles. The summed E-state index contributed by atoms with van der Waals surface area (Å²) in [5.74, 6) is 0.427. The van der Waals surface area contributed by atoms with Crippen molar-refractivity contribution in [3.63, 3.8) is 0 Å². The normalized spacial score (nSPS) is 10.6. The van der Waals surface area contributed by atoms with Crippen LogP contribution in [0.15, 0.2) is 24.3 Å². The molecule has 0 saturated heterocycles. The maximum absolute atomic E-state index is 11.3. The van der Waals surface area contributed by atoms with Crippen molar-refractivity contribution in [2.45, 2.75) is 26.8 Å². The number of carbonyl (C=O) groups is 1. The number of benzene rings is 1. The molecule has 1 heterocycles. The SMILES string of the molecule is COC(=O)c1ccc(OCCCn2c(O)c(C)c(C)c2O)cc1. The Bertz CT molecular complexity index is 662. The fraction of sp³-hybridized carbons (Fsp3) is 0.353. The number of aromatic hydroxyl groups is 2. The van der Waals surface area contributed by atoms with E-state index in [1.165, 1.54) is 11.7 Å². The topological polar surface area (TPSA) is 80.9 Å². The summed E-state index contributed by atoms with van der Waals surface area (Å²) in [6, 6.07) is 6.67. The first-order valence-electron chi connectivity index (χ1n) is 7.34. The molecule has 0 radical (unpaired) electrons. The van der Waals surface area contributed by atoms with E-state index in [1.807, 2.05) is 0 Å². The van der Waals surface area contributed by atoms with Gasteiger partial charge in [-0.05, 0) is 44.5 Å². The molecule has 2 aromatic rings. The van der Waals surface area contributed by atoms with Gasteiger partial charge in [0.05, 0.1) is 19.3 Å². The number of ether oxygens (including phenoxy) is 2. The molecule has 0 atom stereocenters. The van der Waals surface area contributed by atoms with Crippen LogP contribution in [0.25, 0.3) is 0 Å². The van der Waals surface area contributed by atoms with Gasteiger partial charge in [-0.25, -0.2) is 4.79 Å². The molecule has 0 aliphatic rings. The average Bonchev–Trinajstić information content (AvgIpc) is 2.75.